The first-order valence-electron chi connectivity index (χ1n) is 8.63. The molecule has 4 rings (SSSR count). The van der Waals surface area contributed by atoms with Gasteiger partial charge in [-0.05, 0) is 67.2 Å². The Hall–Kier alpha value is -3.39. The first-order chi connectivity index (χ1) is 13.5. The van der Waals surface area contributed by atoms with Gasteiger partial charge in [0.1, 0.15) is 5.84 Å². The van der Waals surface area contributed by atoms with Crippen molar-refractivity contribution < 1.29 is 4.79 Å². The number of benzene rings is 2. The Morgan fingerprint density at radius 2 is 1.93 bits per heavy atom. The molecule has 140 valence electrons. The fourth-order valence-corrected chi connectivity index (χ4v) is 3.49. The Labute approximate surface area is 166 Å². The lowest BCUT2D eigenvalue weighted by Crippen LogP contribution is -2.29. The van der Waals surface area contributed by atoms with Crippen LogP contribution < -0.4 is 16.4 Å². The zero-order chi connectivity index (χ0) is 19.7. The fourth-order valence-electron chi connectivity index (χ4n) is 2.73. The predicted octanol–water partition coefficient (Wildman–Crippen LogP) is 3.86. The van der Waals surface area contributed by atoms with Gasteiger partial charge in [-0.15, -0.1) is 0 Å². The number of aromatic nitrogens is 2. The minimum atomic E-state index is -0.103. The zero-order valence-corrected chi connectivity index (χ0v) is 16.2. The van der Waals surface area contributed by atoms with Crippen molar-refractivity contribution in [2.75, 3.05) is 11.1 Å². The Morgan fingerprint density at radius 3 is 2.61 bits per heavy atom. The van der Waals surface area contributed by atoms with Gasteiger partial charge in [0.15, 0.2) is 11.0 Å². The number of carbonyl (C=O) groups excluding carboxylic acids is 1. The molecule has 0 atom stereocenters. The van der Waals surface area contributed by atoms with Gasteiger partial charge in [0, 0.05) is 34.3 Å². The van der Waals surface area contributed by atoms with Crippen LogP contribution in [-0.4, -0.2) is 21.7 Å². The molecule has 7 nitrogen and oxygen atoms in total. The molecule has 1 amide bonds. The van der Waals surface area contributed by atoms with Gasteiger partial charge in [-0.1, -0.05) is 0 Å². The molecule has 0 saturated carbocycles. The second kappa shape index (κ2) is 7.32. The van der Waals surface area contributed by atoms with Gasteiger partial charge in [0.05, 0.1) is 5.52 Å². The molecular weight excluding hydrogens is 372 g/mol. The average Bonchev–Trinajstić information content (AvgIpc) is 2.61. The lowest BCUT2D eigenvalue weighted by atomic mass is 10.2. The van der Waals surface area contributed by atoms with Crippen LogP contribution in [0.1, 0.15) is 13.8 Å². The number of allylic oxidation sites excluding steroid dienone is 1. The van der Waals surface area contributed by atoms with Crippen molar-refractivity contribution in [3.63, 3.8) is 0 Å². The highest BCUT2D eigenvalue weighted by Crippen LogP contribution is 2.32. The maximum atomic E-state index is 11.1. The van der Waals surface area contributed by atoms with Crippen molar-refractivity contribution in [3.05, 3.63) is 54.2 Å². The Kier molecular flexibility index (Phi) is 4.70. The quantitative estimate of drug-likeness (QED) is 0.461. The first-order valence-corrected chi connectivity index (χ1v) is 9.45. The molecule has 0 saturated heterocycles. The van der Waals surface area contributed by atoms with Gasteiger partial charge in [-0.25, -0.2) is 15.0 Å². The van der Waals surface area contributed by atoms with Crippen LogP contribution in [0.5, 0.6) is 0 Å². The third kappa shape index (κ3) is 3.96. The van der Waals surface area contributed by atoms with Crippen LogP contribution in [0.15, 0.2) is 69.3 Å². The number of nitrogen functional groups attached to an aromatic ring is 1. The molecule has 0 aliphatic carbocycles. The molecule has 0 fully saturated rings. The van der Waals surface area contributed by atoms with Crippen LogP contribution in [0.3, 0.4) is 0 Å². The average molecular weight is 390 g/mol. The summed E-state index contributed by atoms with van der Waals surface area (Å²) in [6.07, 6.45) is 1.96. The summed E-state index contributed by atoms with van der Waals surface area (Å²) in [5.74, 6) is 1.26. The van der Waals surface area contributed by atoms with Crippen molar-refractivity contribution in [2.24, 2.45) is 4.99 Å². The monoisotopic (exact) mass is 390 g/mol. The summed E-state index contributed by atoms with van der Waals surface area (Å²) in [5.41, 5.74) is 9.12. The molecule has 3 aromatic rings. The lowest BCUT2D eigenvalue weighted by Gasteiger charge is -2.16. The van der Waals surface area contributed by atoms with E-state index in [2.05, 4.69) is 25.6 Å². The standard InChI is InChI=1S/C20H18N6OS/c1-11-9-18(22-11)25-19-16-8-3-13(21)10-17(16)24-20(26-19)28-15-6-4-14(5-7-15)23-12(2)27/h3-10H,21H2,1-2H3,(H,23,27)(H,22,24,25,26). The number of fused-ring (bicyclic) bond motifs is 1. The highest BCUT2D eigenvalue weighted by Gasteiger charge is 2.13. The molecule has 4 N–H and O–H groups in total. The highest BCUT2D eigenvalue weighted by atomic mass is 32.2. The van der Waals surface area contributed by atoms with E-state index in [0.29, 0.717) is 16.7 Å². The second-order valence-corrected chi connectivity index (χ2v) is 7.40. The maximum absolute atomic E-state index is 11.1. The highest BCUT2D eigenvalue weighted by molar-refractivity contribution is 7.99. The molecule has 0 unspecified atom stereocenters. The SMILES string of the molecule is CC(=O)Nc1ccc(Sc2nc(N=C3C=C(C)N3)c3ccc(N)cc3n2)cc1. The molecule has 2 aromatic carbocycles. The largest absolute Gasteiger partial charge is 0.399 e. The van der Waals surface area contributed by atoms with Crippen LogP contribution in [0.2, 0.25) is 0 Å². The number of carbonyl (C=O) groups is 1. The van der Waals surface area contributed by atoms with Crippen LogP contribution >= 0.6 is 11.8 Å². The van der Waals surface area contributed by atoms with Gasteiger partial charge < -0.3 is 16.4 Å². The second-order valence-electron chi connectivity index (χ2n) is 6.36. The predicted molar refractivity (Wildman–Crippen MR) is 113 cm³/mol. The zero-order valence-electron chi connectivity index (χ0n) is 15.4. The summed E-state index contributed by atoms with van der Waals surface area (Å²) >= 11 is 1.42. The van der Waals surface area contributed by atoms with Crippen molar-refractivity contribution >= 4 is 51.6 Å². The number of nitrogens with two attached hydrogens (primary N) is 1. The van der Waals surface area contributed by atoms with E-state index in [9.17, 15) is 4.79 Å². The van der Waals surface area contributed by atoms with Gasteiger partial charge >= 0.3 is 0 Å². The van der Waals surface area contributed by atoms with E-state index in [1.807, 2.05) is 55.5 Å². The number of nitrogens with one attached hydrogen (secondary N) is 2. The van der Waals surface area contributed by atoms with Gasteiger partial charge in [-0.3, -0.25) is 4.79 Å². The Bertz CT molecular complexity index is 1140. The van der Waals surface area contributed by atoms with Crippen molar-refractivity contribution in [1.82, 2.24) is 15.3 Å². The molecule has 8 heteroatoms. The summed E-state index contributed by atoms with van der Waals surface area (Å²) in [4.78, 5) is 26.0. The molecule has 0 spiro atoms. The number of nitrogens with zero attached hydrogens (tertiary/aromatic N) is 3. The Balaban J connectivity index is 1.69. The number of anilines is 2. The van der Waals surface area contributed by atoms with Gasteiger partial charge in [0.25, 0.3) is 0 Å². The molecule has 0 radical (unpaired) electrons. The van der Waals surface area contributed by atoms with Crippen LogP contribution in [-0.2, 0) is 4.79 Å². The normalized spacial score (nSPS) is 14.4. The number of amides is 1. The van der Waals surface area contributed by atoms with E-state index in [0.717, 1.165) is 33.0 Å². The van der Waals surface area contributed by atoms with Crippen LogP contribution in [0, 0.1) is 0 Å². The van der Waals surface area contributed by atoms with Crippen molar-refractivity contribution in [2.45, 2.75) is 23.9 Å². The minimum absolute atomic E-state index is 0.103. The van der Waals surface area contributed by atoms with E-state index >= 15 is 0 Å². The maximum Gasteiger partial charge on any atom is 0.221 e. The first kappa shape index (κ1) is 18.0. The fraction of sp³-hybridized carbons (Fsp3) is 0.100. The molecule has 0 bridgehead atoms. The summed E-state index contributed by atoms with van der Waals surface area (Å²) < 4.78 is 0. The van der Waals surface area contributed by atoms with Crippen molar-refractivity contribution in [1.29, 1.82) is 0 Å². The van der Waals surface area contributed by atoms with Crippen molar-refractivity contribution in [3.8, 4) is 0 Å². The lowest BCUT2D eigenvalue weighted by molar-refractivity contribution is -0.114. The van der Waals surface area contributed by atoms with Gasteiger partial charge in [-0.2, -0.15) is 0 Å². The summed E-state index contributed by atoms with van der Waals surface area (Å²) in [7, 11) is 0. The molecule has 2 heterocycles. The third-order valence-electron chi connectivity index (χ3n) is 3.97. The summed E-state index contributed by atoms with van der Waals surface area (Å²) in [6.45, 7) is 3.46. The van der Waals surface area contributed by atoms with E-state index in [1.54, 1.807) is 0 Å². The minimum Gasteiger partial charge on any atom is -0.399 e. The van der Waals surface area contributed by atoms with Gasteiger partial charge in [0.2, 0.25) is 5.91 Å². The number of hydrogen-bond acceptors (Lipinski definition) is 6. The summed E-state index contributed by atoms with van der Waals surface area (Å²) in [5, 5.41) is 7.31. The molecule has 1 aliphatic heterocycles. The Morgan fingerprint density at radius 1 is 1.18 bits per heavy atom. The number of rotatable bonds is 4. The van der Waals surface area contributed by atoms with E-state index in [-0.39, 0.29) is 5.91 Å². The molecular formula is C20H18N6OS. The van der Waals surface area contributed by atoms with E-state index in [4.69, 9.17) is 5.73 Å². The third-order valence-corrected chi connectivity index (χ3v) is 4.84. The van der Waals surface area contributed by atoms with E-state index in [1.165, 1.54) is 18.7 Å². The topological polar surface area (TPSA) is 105 Å². The number of aliphatic imine (C=N–C) groups is 1. The summed E-state index contributed by atoms with van der Waals surface area (Å²) in [6, 6.07) is 13.0. The number of hydrogen-bond donors (Lipinski definition) is 3. The number of amidine groups is 1. The van der Waals surface area contributed by atoms with Crippen LogP contribution in [0.4, 0.5) is 17.2 Å². The van der Waals surface area contributed by atoms with E-state index < -0.39 is 0 Å². The van der Waals surface area contributed by atoms with Crippen LogP contribution in [0.25, 0.3) is 10.9 Å². The molecule has 28 heavy (non-hydrogen) atoms. The molecule has 1 aliphatic rings. The molecule has 1 aromatic heterocycles. The smallest absolute Gasteiger partial charge is 0.221 e.